The minimum atomic E-state index is -0.421. The Labute approximate surface area is 112 Å². The van der Waals surface area contributed by atoms with Gasteiger partial charge in [0.2, 0.25) is 5.91 Å². The number of aliphatic hydroxyl groups is 1. The number of carbonyl (C=O) groups is 1. The fourth-order valence-electron chi connectivity index (χ4n) is 2.21. The van der Waals surface area contributed by atoms with Crippen LogP contribution < -0.4 is 15.4 Å². The van der Waals surface area contributed by atoms with Crippen molar-refractivity contribution in [3.05, 3.63) is 18.2 Å². The van der Waals surface area contributed by atoms with Crippen LogP contribution >= 0.6 is 0 Å². The number of ether oxygens (including phenoxy) is 1. The SMILES string of the molecule is COc1cc(N2CCN(C(=O)CO)CC2)ccc1N. The summed E-state index contributed by atoms with van der Waals surface area (Å²) in [6, 6.07) is 5.67. The van der Waals surface area contributed by atoms with E-state index in [0.29, 0.717) is 24.5 Å². The minimum absolute atomic E-state index is 0.213. The number of aliphatic hydroxyl groups excluding tert-OH is 1. The highest BCUT2D eigenvalue weighted by molar-refractivity contribution is 5.77. The van der Waals surface area contributed by atoms with Gasteiger partial charge in [0.05, 0.1) is 12.8 Å². The third kappa shape index (κ3) is 2.90. The zero-order valence-corrected chi connectivity index (χ0v) is 11.0. The van der Waals surface area contributed by atoms with E-state index < -0.39 is 6.61 Å². The molecule has 1 saturated heterocycles. The summed E-state index contributed by atoms with van der Waals surface area (Å²) in [5.41, 5.74) is 7.43. The minimum Gasteiger partial charge on any atom is -0.495 e. The number of nitrogens with two attached hydrogens (primary N) is 1. The van der Waals surface area contributed by atoms with Crippen molar-refractivity contribution >= 4 is 17.3 Å². The Hall–Kier alpha value is -1.95. The number of nitrogen functional groups attached to an aromatic ring is 1. The largest absolute Gasteiger partial charge is 0.495 e. The number of anilines is 2. The summed E-state index contributed by atoms with van der Waals surface area (Å²) in [5.74, 6) is 0.445. The summed E-state index contributed by atoms with van der Waals surface area (Å²) in [6.45, 7) is 2.28. The van der Waals surface area contributed by atoms with E-state index >= 15 is 0 Å². The van der Waals surface area contributed by atoms with Crippen LogP contribution in [0.2, 0.25) is 0 Å². The van der Waals surface area contributed by atoms with E-state index in [4.69, 9.17) is 15.6 Å². The summed E-state index contributed by atoms with van der Waals surface area (Å²) in [5, 5.41) is 8.83. The average molecular weight is 265 g/mol. The molecular formula is C13H19N3O3. The first kappa shape index (κ1) is 13.5. The van der Waals surface area contributed by atoms with Crippen molar-refractivity contribution in [2.75, 3.05) is 50.5 Å². The molecule has 6 nitrogen and oxygen atoms in total. The third-order valence-corrected chi connectivity index (χ3v) is 3.35. The second-order valence-corrected chi connectivity index (χ2v) is 4.45. The zero-order chi connectivity index (χ0) is 13.8. The van der Waals surface area contributed by atoms with E-state index in [2.05, 4.69) is 4.90 Å². The molecule has 0 atom stereocenters. The van der Waals surface area contributed by atoms with Gasteiger partial charge in [-0.1, -0.05) is 0 Å². The summed E-state index contributed by atoms with van der Waals surface area (Å²) < 4.78 is 5.20. The van der Waals surface area contributed by atoms with Gasteiger partial charge in [-0.15, -0.1) is 0 Å². The van der Waals surface area contributed by atoms with E-state index in [1.165, 1.54) is 0 Å². The molecule has 1 aliphatic rings. The van der Waals surface area contributed by atoms with Crippen LogP contribution in [0.25, 0.3) is 0 Å². The molecule has 0 aromatic heterocycles. The van der Waals surface area contributed by atoms with Gasteiger partial charge in [-0.2, -0.15) is 0 Å². The van der Waals surface area contributed by atoms with Gasteiger partial charge < -0.3 is 25.4 Å². The Morgan fingerprint density at radius 3 is 2.63 bits per heavy atom. The van der Waals surface area contributed by atoms with Gasteiger partial charge in [0.25, 0.3) is 0 Å². The lowest BCUT2D eigenvalue weighted by Crippen LogP contribution is -2.49. The van der Waals surface area contributed by atoms with Crippen LogP contribution in [0.3, 0.4) is 0 Å². The Morgan fingerprint density at radius 1 is 1.37 bits per heavy atom. The highest BCUT2D eigenvalue weighted by Crippen LogP contribution is 2.27. The van der Waals surface area contributed by atoms with Gasteiger partial charge in [0, 0.05) is 37.9 Å². The van der Waals surface area contributed by atoms with Crippen molar-refractivity contribution in [1.82, 2.24) is 4.90 Å². The topological polar surface area (TPSA) is 79.0 Å². The molecule has 19 heavy (non-hydrogen) atoms. The van der Waals surface area contributed by atoms with Crippen molar-refractivity contribution in [3.8, 4) is 5.75 Å². The van der Waals surface area contributed by atoms with Gasteiger partial charge in [0.1, 0.15) is 12.4 Å². The highest BCUT2D eigenvalue weighted by atomic mass is 16.5. The molecular weight excluding hydrogens is 246 g/mol. The van der Waals surface area contributed by atoms with Crippen LogP contribution in [0.1, 0.15) is 0 Å². The third-order valence-electron chi connectivity index (χ3n) is 3.35. The fraction of sp³-hybridized carbons (Fsp3) is 0.462. The number of hydrogen-bond donors (Lipinski definition) is 2. The molecule has 0 bridgehead atoms. The van der Waals surface area contributed by atoms with Crippen molar-refractivity contribution in [1.29, 1.82) is 0 Å². The molecule has 0 aliphatic carbocycles. The quantitative estimate of drug-likeness (QED) is 0.747. The number of amides is 1. The second-order valence-electron chi connectivity index (χ2n) is 4.45. The predicted molar refractivity (Wildman–Crippen MR) is 73.3 cm³/mol. The molecule has 104 valence electrons. The molecule has 3 N–H and O–H groups in total. The monoisotopic (exact) mass is 265 g/mol. The average Bonchev–Trinajstić information content (AvgIpc) is 2.47. The Bertz CT molecular complexity index is 456. The van der Waals surface area contributed by atoms with Crippen LogP contribution in [0, 0.1) is 0 Å². The molecule has 0 unspecified atom stereocenters. The maximum Gasteiger partial charge on any atom is 0.248 e. The van der Waals surface area contributed by atoms with Gasteiger partial charge >= 0.3 is 0 Å². The van der Waals surface area contributed by atoms with Crippen molar-refractivity contribution < 1.29 is 14.6 Å². The maximum atomic E-state index is 11.4. The molecule has 0 saturated carbocycles. The first-order chi connectivity index (χ1) is 9.15. The Balaban J connectivity index is 2.03. The van der Waals surface area contributed by atoms with Gasteiger partial charge in [-0.3, -0.25) is 4.79 Å². The number of carbonyl (C=O) groups excluding carboxylic acids is 1. The lowest BCUT2D eigenvalue weighted by molar-refractivity contribution is -0.134. The molecule has 1 aromatic rings. The number of rotatable bonds is 3. The smallest absolute Gasteiger partial charge is 0.248 e. The van der Waals surface area contributed by atoms with Gasteiger partial charge in [-0.25, -0.2) is 0 Å². The molecule has 1 amide bonds. The van der Waals surface area contributed by atoms with Crippen LogP contribution in [0.5, 0.6) is 5.75 Å². The van der Waals surface area contributed by atoms with E-state index in [9.17, 15) is 4.79 Å². The van der Waals surface area contributed by atoms with Crippen molar-refractivity contribution in [2.24, 2.45) is 0 Å². The summed E-state index contributed by atoms with van der Waals surface area (Å²) in [7, 11) is 1.59. The number of benzene rings is 1. The van der Waals surface area contributed by atoms with Gasteiger partial charge in [-0.05, 0) is 12.1 Å². The van der Waals surface area contributed by atoms with E-state index in [1.54, 1.807) is 12.0 Å². The molecule has 1 heterocycles. The van der Waals surface area contributed by atoms with Crippen LogP contribution in [0.15, 0.2) is 18.2 Å². The van der Waals surface area contributed by atoms with Crippen LogP contribution in [-0.4, -0.2) is 55.8 Å². The highest BCUT2D eigenvalue weighted by Gasteiger charge is 2.20. The van der Waals surface area contributed by atoms with Gasteiger partial charge in [0.15, 0.2) is 0 Å². The van der Waals surface area contributed by atoms with E-state index in [1.807, 2.05) is 18.2 Å². The van der Waals surface area contributed by atoms with Crippen LogP contribution in [0.4, 0.5) is 11.4 Å². The first-order valence-electron chi connectivity index (χ1n) is 6.23. The van der Waals surface area contributed by atoms with Crippen molar-refractivity contribution in [3.63, 3.8) is 0 Å². The summed E-state index contributed by atoms with van der Waals surface area (Å²) in [4.78, 5) is 15.2. The molecule has 2 rings (SSSR count). The normalized spacial score (nSPS) is 15.5. The molecule has 1 fully saturated rings. The van der Waals surface area contributed by atoms with E-state index in [-0.39, 0.29) is 5.91 Å². The standard InChI is InChI=1S/C13H19N3O3/c1-19-12-8-10(2-3-11(12)14)15-4-6-16(7-5-15)13(18)9-17/h2-3,8,17H,4-7,9,14H2,1H3. The summed E-state index contributed by atoms with van der Waals surface area (Å²) in [6.07, 6.45) is 0. The fourth-order valence-corrected chi connectivity index (χ4v) is 2.21. The molecule has 6 heteroatoms. The van der Waals surface area contributed by atoms with Crippen molar-refractivity contribution in [2.45, 2.75) is 0 Å². The predicted octanol–water partition coefficient (Wildman–Crippen LogP) is -0.0817. The summed E-state index contributed by atoms with van der Waals surface area (Å²) >= 11 is 0. The van der Waals surface area contributed by atoms with Crippen LogP contribution in [-0.2, 0) is 4.79 Å². The zero-order valence-electron chi connectivity index (χ0n) is 11.0. The Morgan fingerprint density at radius 2 is 2.05 bits per heavy atom. The number of hydrogen-bond acceptors (Lipinski definition) is 5. The lowest BCUT2D eigenvalue weighted by Gasteiger charge is -2.36. The number of methoxy groups -OCH3 is 1. The second kappa shape index (κ2) is 5.79. The number of piperazine rings is 1. The Kier molecular flexibility index (Phi) is 4.11. The van der Waals surface area contributed by atoms with E-state index in [0.717, 1.165) is 18.8 Å². The maximum absolute atomic E-state index is 11.4. The lowest BCUT2D eigenvalue weighted by atomic mass is 10.2. The first-order valence-corrected chi connectivity index (χ1v) is 6.23. The number of nitrogens with zero attached hydrogens (tertiary/aromatic N) is 2. The molecule has 1 aliphatic heterocycles. The molecule has 0 spiro atoms. The molecule has 0 radical (unpaired) electrons. The molecule has 1 aromatic carbocycles.